The molecule has 3 rings (SSSR count). The van der Waals surface area contributed by atoms with Gasteiger partial charge in [-0.2, -0.15) is 0 Å². The third-order valence-corrected chi connectivity index (χ3v) is 6.43. The molecule has 3 amide bonds. The molecule has 0 aliphatic heterocycles. The van der Waals surface area contributed by atoms with Gasteiger partial charge in [0.1, 0.15) is 6.54 Å². The largest absolute Gasteiger partial charge is 0.332 e. The van der Waals surface area contributed by atoms with Gasteiger partial charge in [0.2, 0.25) is 5.91 Å². The number of rotatable bonds is 9. The summed E-state index contributed by atoms with van der Waals surface area (Å²) in [6.45, 7) is 9.68. The minimum atomic E-state index is -0.246. The number of amides is 3. The molecule has 174 valence electrons. The third-order valence-electron chi connectivity index (χ3n) is 5.44. The highest BCUT2D eigenvalue weighted by molar-refractivity contribution is 7.11. The van der Waals surface area contributed by atoms with Gasteiger partial charge in [-0.15, -0.1) is 11.3 Å². The molecule has 1 aromatic heterocycles. The molecule has 0 aliphatic rings. The number of nitrogens with one attached hydrogen (secondary N) is 1. The molecule has 5 nitrogen and oxygen atoms in total. The Morgan fingerprint density at radius 3 is 2.30 bits per heavy atom. The van der Waals surface area contributed by atoms with Gasteiger partial charge in [0.05, 0.1) is 6.54 Å². The zero-order valence-electron chi connectivity index (χ0n) is 19.9. The molecule has 0 saturated heterocycles. The summed E-state index contributed by atoms with van der Waals surface area (Å²) in [6.07, 6.45) is 0.774. The highest BCUT2D eigenvalue weighted by Gasteiger charge is 2.22. The van der Waals surface area contributed by atoms with E-state index in [-0.39, 0.29) is 18.5 Å². The minimum Gasteiger partial charge on any atom is -0.332 e. The van der Waals surface area contributed by atoms with Crippen molar-refractivity contribution in [1.29, 1.82) is 0 Å². The van der Waals surface area contributed by atoms with Crippen LogP contribution in [-0.4, -0.2) is 34.8 Å². The van der Waals surface area contributed by atoms with Gasteiger partial charge in [-0.25, -0.2) is 4.79 Å². The number of hydrogen-bond donors (Lipinski definition) is 1. The topological polar surface area (TPSA) is 52.7 Å². The van der Waals surface area contributed by atoms with Gasteiger partial charge in [-0.3, -0.25) is 4.79 Å². The first-order chi connectivity index (χ1) is 15.9. The fraction of sp³-hybridized carbons (Fsp3) is 0.333. The lowest BCUT2D eigenvalue weighted by atomic mass is 10.1. The van der Waals surface area contributed by atoms with Crippen LogP contribution in [0.5, 0.6) is 0 Å². The smallest absolute Gasteiger partial charge is 0.322 e. The number of hydrogen-bond acceptors (Lipinski definition) is 3. The van der Waals surface area contributed by atoms with E-state index in [2.05, 4.69) is 24.4 Å². The molecule has 0 bridgehead atoms. The Morgan fingerprint density at radius 1 is 0.909 bits per heavy atom. The van der Waals surface area contributed by atoms with Crippen LogP contribution in [-0.2, 0) is 17.9 Å². The molecular formula is C27H33N3O2S. The second kappa shape index (κ2) is 11.7. The SMILES string of the molecule is CCCN(CC(=O)N(Cc1ccccc1)Cc1ccc(C)s1)C(=O)Nc1ccc(C)cc1C. The maximum Gasteiger partial charge on any atom is 0.322 e. The van der Waals surface area contributed by atoms with Crippen molar-refractivity contribution in [1.82, 2.24) is 9.80 Å². The van der Waals surface area contributed by atoms with E-state index in [0.717, 1.165) is 33.7 Å². The zero-order chi connectivity index (χ0) is 23.8. The van der Waals surface area contributed by atoms with Crippen molar-refractivity contribution in [3.05, 3.63) is 87.1 Å². The van der Waals surface area contributed by atoms with Crippen LogP contribution in [0.25, 0.3) is 0 Å². The van der Waals surface area contributed by atoms with Gasteiger partial charge in [-0.05, 0) is 56.5 Å². The molecule has 0 spiro atoms. The Morgan fingerprint density at radius 2 is 1.67 bits per heavy atom. The monoisotopic (exact) mass is 463 g/mol. The van der Waals surface area contributed by atoms with Crippen LogP contribution in [0.2, 0.25) is 0 Å². The summed E-state index contributed by atoms with van der Waals surface area (Å²) in [7, 11) is 0. The average Bonchev–Trinajstić information content (AvgIpc) is 3.20. The molecule has 1 heterocycles. The van der Waals surface area contributed by atoms with Crippen LogP contribution in [0.4, 0.5) is 10.5 Å². The number of urea groups is 1. The first kappa shape index (κ1) is 24.5. The lowest BCUT2D eigenvalue weighted by Crippen LogP contribution is -2.44. The van der Waals surface area contributed by atoms with Crippen molar-refractivity contribution < 1.29 is 9.59 Å². The van der Waals surface area contributed by atoms with Crippen molar-refractivity contribution in [3.63, 3.8) is 0 Å². The standard InChI is InChI=1S/C27H33N3O2S/c1-5-15-29(27(32)28-25-14-11-20(2)16-21(25)3)19-26(31)30(17-23-9-7-6-8-10-23)18-24-13-12-22(4)33-24/h6-14,16H,5,15,17-19H2,1-4H3,(H,28,32). The predicted molar refractivity (Wildman–Crippen MR) is 137 cm³/mol. The highest BCUT2D eigenvalue weighted by Crippen LogP contribution is 2.20. The maximum absolute atomic E-state index is 13.4. The Kier molecular flexibility index (Phi) is 8.66. The quantitative estimate of drug-likeness (QED) is 0.414. The van der Waals surface area contributed by atoms with Crippen LogP contribution >= 0.6 is 11.3 Å². The van der Waals surface area contributed by atoms with E-state index < -0.39 is 0 Å². The summed E-state index contributed by atoms with van der Waals surface area (Å²) < 4.78 is 0. The van der Waals surface area contributed by atoms with Crippen molar-refractivity contribution in [2.45, 2.75) is 47.2 Å². The number of nitrogens with zero attached hydrogens (tertiary/aromatic N) is 2. The molecule has 0 aliphatic carbocycles. The summed E-state index contributed by atoms with van der Waals surface area (Å²) >= 11 is 1.70. The third kappa shape index (κ3) is 7.19. The van der Waals surface area contributed by atoms with E-state index in [1.807, 2.05) is 74.2 Å². The van der Waals surface area contributed by atoms with Crippen LogP contribution in [0.15, 0.2) is 60.7 Å². The Balaban J connectivity index is 1.75. The summed E-state index contributed by atoms with van der Waals surface area (Å²) in [5.74, 6) is -0.0610. The van der Waals surface area contributed by atoms with E-state index in [0.29, 0.717) is 19.6 Å². The summed E-state index contributed by atoms with van der Waals surface area (Å²) in [5.41, 5.74) is 3.99. The van der Waals surface area contributed by atoms with Gasteiger partial charge < -0.3 is 15.1 Å². The van der Waals surface area contributed by atoms with E-state index >= 15 is 0 Å². The van der Waals surface area contributed by atoms with E-state index in [1.165, 1.54) is 4.88 Å². The first-order valence-electron chi connectivity index (χ1n) is 11.4. The van der Waals surface area contributed by atoms with E-state index in [4.69, 9.17) is 0 Å². The van der Waals surface area contributed by atoms with Gasteiger partial charge in [0.25, 0.3) is 0 Å². The normalized spacial score (nSPS) is 10.7. The first-order valence-corrected chi connectivity index (χ1v) is 12.2. The van der Waals surface area contributed by atoms with E-state index in [9.17, 15) is 9.59 Å². The molecular weight excluding hydrogens is 430 g/mol. The van der Waals surface area contributed by atoms with Crippen LogP contribution in [0.1, 0.15) is 39.8 Å². The molecule has 0 fully saturated rings. The molecule has 2 aromatic carbocycles. The van der Waals surface area contributed by atoms with Gasteiger partial charge in [-0.1, -0.05) is 55.0 Å². The molecule has 0 saturated carbocycles. The van der Waals surface area contributed by atoms with E-state index in [1.54, 1.807) is 16.2 Å². The average molecular weight is 464 g/mol. The molecule has 0 radical (unpaired) electrons. The lowest BCUT2D eigenvalue weighted by Gasteiger charge is -2.28. The van der Waals surface area contributed by atoms with Crippen molar-refractivity contribution >= 4 is 29.0 Å². The van der Waals surface area contributed by atoms with Gasteiger partial charge >= 0.3 is 6.03 Å². The second-order valence-electron chi connectivity index (χ2n) is 8.42. The van der Waals surface area contributed by atoms with Crippen molar-refractivity contribution in [2.24, 2.45) is 0 Å². The van der Waals surface area contributed by atoms with Crippen LogP contribution in [0.3, 0.4) is 0 Å². The Hall–Kier alpha value is -3.12. The van der Waals surface area contributed by atoms with Crippen LogP contribution in [0, 0.1) is 20.8 Å². The molecule has 6 heteroatoms. The Labute approximate surface area is 201 Å². The predicted octanol–water partition coefficient (Wildman–Crippen LogP) is 6.15. The summed E-state index contributed by atoms with van der Waals surface area (Å²) in [5, 5.41) is 2.99. The van der Waals surface area contributed by atoms with Crippen molar-refractivity contribution in [3.8, 4) is 0 Å². The zero-order valence-corrected chi connectivity index (χ0v) is 20.7. The number of carbonyl (C=O) groups excluding carboxylic acids is 2. The lowest BCUT2D eigenvalue weighted by molar-refractivity contribution is -0.133. The maximum atomic E-state index is 13.4. The number of anilines is 1. The fourth-order valence-electron chi connectivity index (χ4n) is 3.73. The number of aryl methyl sites for hydroxylation is 3. The number of carbonyl (C=O) groups is 2. The number of thiophene rings is 1. The van der Waals surface area contributed by atoms with Crippen molar-refractivity contribution in [2.75, 3.05) is 18.4 Å². The molecule has 1 N–H and O–H groups in total. The number of benzene rings is 2. The van der Waals surface area contributed by atoms with Gasteiger partial charge in [0.15, 0.2) is 0 Å². The van der Waals surface area contributed by atoms with Gasteiger partial charge in [0, 0.05) is 28.5 Å². The highest BCUT2D eigenvalue weighted by atomic mass is 32.1. The second-order valence-corrected chi connectivity index (χ2v) is 9.79. The fourth-order valence-corrected chi connectivity index (χ4v) is 4.63. The molecule has 33 heavy (non-hydrogen) atoms. The molecule has 3 aromatic rings. The summed E-state index contributed by atoms with van der Waals surface area (Å²) in [4.78, 5) is 32.3. The molecule has 0 unspecified atom stereocenters. The Bertz CT molecular complexity index is 1080. The summed E-state index contributed by atoms with van der Waals surface area (Å²) in [6, 6.07) is 19.8. The molecule has 0 atom stereocenters. The van der Waals surface area contributed by atoms with Crippen LogP contribution < -0.4 is 5.32 Å². The minimum absolute atomic E-state index is 0.0434.